The molecule has 0 amide bonds. The zero-order chi connectivity index (χ0) is 8.91. The summed E-state index contributed by atoms with van der Waals surface area (Å²) in [6, 6.07) is 0. The molecule has 0 rings (SSSR count). The third kappa shape index (κ3) is 5.17. The predicted octanol–water partition coefficient (Wildman–Crippen LogP) is -0.479. The van der Waals surface area contributed by atoms with Gasteiger partial charge in [0.2, 0.25) is 10.0 Å². The van der Waals surface area contributed by atoms with Crippen LogP contribution in [0.2, 0.25) is 0 Å². The Labute approximate surface area is 68.2 Å². The van der Waals surface area contributed by atoms with Gasteiger partial charge in [-0.2, -0.15) is 0 Å². The van der Waals surface area contributed by atoms with Gasteiger partial charge in [-0.05, 0) is 19.4 Å². The Morgan fingerprint density at radius 1 is 1.55 bits per heavy atom. The lowest BCUT2D eigenvalue weighted by atomic mass is 10.2. The Bertz CT molecular complexity index is 189. The first kappa shape index (κ1) is 10.9. The molecule has 0 spiro atoms. The fraction of sp³-hybridized carbons (Fsp3) is 1.00. The SMILES string of the molecule is CCS(=O)(=O)NCC(C)CN. The maximum atomic E-state index is 10.9. The van der Waals surface area contributed by atoms with E-state index >= 15 is 0 Å². The molecule has 0 saturated carbocycles. The van der Waals surface area contributed by atoms with Gasteiger partial charge < -0.3 is 5.73 Å². The average Bonchev–Trinajstić information content (AvgIpc) is 2.00. The van der Waals surface area contributed by atoms with E-state index in [4.69, 9.17) is 5.73 Å². The monoisotopic (exact) mass is 180 g/mol. The van der Waals surface area contributed by atoms with Crippen molar-refractivity contribution in [1.29, 1.82) is 0 Å². The summed E-state index contributed by atoms with van der Waals surface area (Å²) in [5.41, 5.74) is 5.31. The highest BCUT2D eigenvalue weighted by Gasteiger charge is 2.07. The number of hydrogen-bond donors (Lipinski definition) is 2. The van der Waals surface area contributed by atoms with Crippen LogP contribution in [-0.4, -0.2) is 27.3 Å². The second-order valence-corrected chi connectivity index (χ2v) is 4.69. The van der Waals surface area contributed by atoms with Gasteiger partial charge in [0.1, 0.15) is 0 Å². The normalized spacial score (nSPS) is 14.8. The number of nitrogens with two attached hydrogens (primary N) is 1. The number of nitrogens with one attached hydrogen (secondary N) is 1. The minimum absolute atomic E-state index is 0.129. The van der Waals surface area contributed by atoms with Crippen LogP contribution in [0.4, 0.5) is 0 Å². The van der Waals surface area contributed by atoms with Gasteiger partial charge in [-0.1, -0.05) is 6.92 Å². The third-order valence-corrected chi connectivity index (χ3v) is 2.80. The first-order valence-corrected chi connectivity index (χ1v) is 5.34. The lowest BCUT2D eigenvalue weighted by molar-refractivity contribution is 0.546. The molecule has 0 aromatic heterocycles. The van der Waals surface area contributed by atoms with Crippen LogP contribution in [-0.2, 0) is 10.0 Å². The zero-order valence-electron chi connectivity index (χ0n) is 7.00. The molecule has 0 radical (unpaired) electrons. The Morgan fingerprint density at radius 2 is 2.09 bits per heavy atom. The molecular formula is C6H16N2O2S. The van der Waals surface area contributed by atoms with Gasteiger partial charge in [0, 0.05) is 6.54 Å². The molecular weight excluding hydrogens is 164 g/mol. The Hall–Kier alpha value is -0.130. The zero-order valence-corrected chi connectivity index (χ0v) is 7.82. The van der Waals surface area contributed by atoms with Gasteiger partial charge in [0.15, 0.2) is 0 Å². The van der Waals surface area contributed by atoms with Crippen molar-refractivity contribution in [3.05, 3.63) is 0 Å². The number of hydrogen-bond acceptors (Lipinski definition) is 3. The van der Waals surface area contributed by atoms with Crippen molar-refractivity contribution in [3.8, 4) is 0 Å². The van der Waals surface area contributed by atoms with Crippen molar-refractivity contribution in [3.63, 3.8) is 0 Å². The minimum atomic E-state index is -3.03. The van der Waals surface area contributed by atoms with Gasteiger partial charge in [-0.3, -0.25) is 0 Å². The van der Waals surface area contributed by atoms with Gasteiger partial charge in [0.05, 0.1) is 5.75 Å². The van der Waals surface area contributed by atoms with E-state index in [1.807, 2.05) is 6.92 Å². The van der Waals surface area contributed by atoms with E-state index in [9.17, 15) is 8.42 Å². The second-order valence-electron chi connectivity index (χ2n) is 2.59. The Morgan fingerprint density at radius 3 is 2.45 bits per heavy atom. The van der Waals surface area contributed by atoms with Crippen molar-refractivity contribution in [2.45, 2.75) is 13.8 Å². The molecule has 0 fully saturated rings. The summed E-state index contributed by atoms with van der Waals surface area (Å²) in [6.07, 6.45) is 0. The smallest absolute Gasteiger partial charge is 0.211 e. The summed E-state index contributed by atoms with van der Waals surface area (Å²) < 4.78 is 24.2. The molecule has 0 aliphatic heterocycles. The molecule has 0 aliphatic carbocycles. The van der Waals surface area contributed by atoms with Crippen LogP contribution >= 0.6 is 0 Å². The van der Waals surface area contributed by atoms with E-state index < -0.39 is 10.0 Å². The summed E-state index contributed by atoms with van der Waals surface area (Å²) in [4.78, 5) is 0. The molecule has 0 saturated heterocycles. The highest BCUT2D eigenvalue weighted by atomic mass is 32.2. The molecule has 4 nitrogen and oxygen atoms in total. The topological polar surface area (TPSA) is 72.2 Å². The highest BCUT2D eigenvalue weighted by Crippen LogP contribution is 1.90. The van der Waals surface area contributed by atoms with Gasteiger partial charge in [-0.25, -0.2) is 13.1 Å². The molecule has 1 unspecified atom stereocenters. The maximum Gasteiger partial charge on any atom is 0.211 e. The Kier molecular flexibility index (Phi) is 4.63. The summed E-state index contributed by atoms with van der Waals surface area (Å²) in [6.45, 7) is 4.45. The average molecular weight is 180 g/mol. The first-order chi connectivity index (χ1) is 5.02. The maximum absolute atomic E-state index is 10.9. The molecule has 1 atom stereocenters. The quantitative estimate of drug-likeness (QED) is 0.600. The molecule has 0 aliphatic rings. The van der Waals surface area contributed by atoms with Gasteiger partial charge >= 0.3 is 0 Å². The molecule has 0 aromatic carbocycles. The van der Waals surface area contributed by atoms with Crippen molar-refractivity contribution in [1.82, 2.24) is 4.72 Å². The van der Waals surface area contributed by atoms with Crippen LogP contribution in [0.15, 0.2) is 0 Å². The van der Waals surface area contributed by atoms with E-state index in [-0.39, 0.29) is 11.7 Å². The van der Waals surface area contributed by atoms with Crippen LogP contribution in [0.5, 0.6) is 0 Å². The standard InChI is InChI=1S/C6H16N2O2S/c1-3-11(9,10)8-5-6(2)4-7/h6,8H,3-5,7H2,1-2H3. The van der Waals surface area contributed by atoms with Crippen LogP contribution in [0.1, 0.15) is 13.8 Å². The fourth-order valence-electron chi connectivity index (χ4n) is 0.455. The summed E-state index contributed by atoms with van der Waals surface area (Å²) in [5.74, 6) is 0.334. The minimum Gasteiger partial charge on any atom is -0.330 e. The molecule has 5 heteroatoms. The van der Waals surface area contributed by atoms with Crippen LogP contribution < -0.4 is 10.5 Å². The van der Waals surface area contributed by atoms with E-state index in [0.717, 1.165) is 0 Å². The lowest BCUT2D eigenvalue weighted by Gasteiger charge is -2.08. The van der Waals surface area contributed by atoms with Crippen LogP contribution in [0, 0.1) is 5.92 Å². The summed E-state index contributed by atoms with van der Waals surface area (Å²) >= 11 is 0. The fourth-order valence-corrected chi connectivity index (χ4v) is 1.20. The van der Waals surface area contributed by atoms with Crippen molar-refractivity contribution in [2.75, 3.05) is 18.8 Å². The summed E-state index contributed by atoms with van der Waals surface area (Å²) in [5, 5.41) is 0. The molecule has 0 heterocycles. The van der Waals surface area contributed by atoms with Crippen LogP contribution in [0.3, 0.4) is 0 Å². The first-order valence-electron chi connectivity index (χ1n) is 3.69. The highest BCUT2D eigenvalue weighted by molar-refractivity contribution is 7.89. The molecule has 68 valence electrons. The molecule has 0 bridgehead atoms. The van der Waals surface area contributed by atoms with Crippen LogP contribution in [0.25, 0.3) is 0 Å². The second kappa shape index (κ2) is 4.69. The van der Waals surface area contributed by atoms with E-state index in [1.165, 1.54) is 0 Å². The number of sulfonamides is 1. The van der Waals surface area contributed by atoms with Crippen molar-refractivity contribution >= 4 is 10.0 Å². The van der Waals surface area contributed by atoms with Gasteiger partial charge in [-0.15, -0.1) is 0 Å². The molecule has 11 heavy (non-hydrogen) atoms. The number of rotatable bonds is 5. The van der Waals surface area contributed by atoms with Gasteiger partial charge in [0.25, 0.3) is 0 Å². The Balaban J connectivity index is 3.71. The summed E-state index contributed by atoms with van der Waals surface area (Å²) in [7, 11) is -3.03. The van der Waals surface area contributed by atoms with E-state index in [0.29, 0.717) is 13.1 Å². The molecule has 0 aromatic rings. The van der Waals surface area contributed by atoms with E-state index in [2.05, 4.69) is 4.72 Å². The third-order valence-electron chi connectivity index (χ3n) is 1.43. The predicted molar refractivity (Wildman–Crippen MR) is 45.7 cm³/mol. The van der Waals surface area contributed by atoms with Crippen molar-refractivity contribution < 1.29 is 8.42 Å². The van der Waals surface area contributed by atoms with E-state index in [1.54, 1.807) is 6.92 Å². The van der Waals surface area contributed by atoms with Crippen molar-refractivity contribution in [2.24, 2.45) is 11.7 Å². The lowest BCUT2D eigenvalue weighted by Crippen LogP contribution is -2.32. The largest absolute Gasteiger partial charge is 0.330 e. The molecule has 3 N–H and O–H groups in total.